The van der Waals surface area contributed by atoms with Crippen molar-refractivity contribution in [2.75, 3.05) is 7.05 Å². The Labute approximate surface area is 239 Å². The molecule has 5 aromatic rings. The fraction of sp³-hybridized carbons (Fsp3) is 0.0333. The SMILES string of the molecule is CN1B(c2[c-]c(Oc3[c-]c4c(cc3)c3ccccc3n4-c3ccccn3)ccc2)OC2=C1C=CSC=C2.[Pt+2]. The number of nitrogens with zero attached hydrogens (tertiary/aromatic N) is 3. The van der Waals surface area contributed by atoms with Gasteiger partial charge in [-0.1, -0.05) is 29.8 Å². The van der Waals surface area contributed by atoms with Crippen LogP contribution in [-0.4, -0.2) is 28.5 Å². The molecule has 0 radical (unpaired) electrons. The molecular weight excluding hydrogens is 672 g/mol. The first-order valence-corrected chi connectivity index (χ1v) is 12.9. The number of pyridine rings is 1. The molecule has 0 bridgehead atoms. The largest absolute Gasteiger partial charge is 2.00 e. The number of ether oxygens (including phenoxy) is 1. The molecular formula is C30H20BN3O2PtS. The fourth-order valence-electron chi connectivity index (χ4n) is 4.85. The molecule has 0 atom stereocenters. The Kier molecular flexibility index (Phi) is 6.65. The maximum atomic E-state index is 6.28. The molecule has 0 unspecified atom stereocenters. The predicted molar refractivity (Wildman–Crippen MR) is 150 cm³/mol. The van der Waals surface area contributed by atoms with Crippen molar-refractivity contribution in [1.82, 2.24) is 14.4 Å². The topological polar surface area (TPSA) is 39.5 Å². The van der Waals surface area contributed by atoms with E-state index in [0.717, 1.165) is 44.5 Å². The zero-order chi connectivity index (χ0) is 24.8. The molecule has 0 N–H and O–H groups in total. The third-order valence-electron chi connectivity index (χ3n) is 6.54. The molecule has 2 aliphatic rings. The average molecular weight is 692 g/mol. The van der Waals surface area contributed by atoms with Crippen molar-refractivity contribution in [3.63, 3.8) is 0 Å². The van der Waals surface area contributed by atoms with Crippen molar-refractivity contribution in [1.29, 1.82) is 0 Å². The Morgan fingerprint density at radius 2 is 1.71 bits per heavy atom. The number of likely N-dealkylation sites (N-methyl/N-ethyl adjacent to an activating group) is 1. The molecule has 38 heavy (non-hydrogen) atoms. The number of hydrogen-bond donors (Lipinski definition) is 0. The van der Waals surface area contributed by atoms with E-state index in [1.807, 2.05) is 67.1 Å². The average Bonchev–Trinajstić information content (AvgIpc) is 3.31. The molecule has 0 saturated carbocycles. The van der Waals surface area contributed by atoms with Crippen LogP contribution >= 0.6 is 11.8 Å². The maximum Gasteiger partial charge on any atom is 2.00 e. The second-order valence-electron chi connectivity index (χ2n) is 8.77. The van der Waals surface area contributed by atoms with Crippen LogP contribution in [0.4, 0.5) is 0 Å². The summed E-state index contributed by atoms with van der Waals surface area (Å²) in [7, 11) is 1.75. The molecule has 2 aromatic heterocycles. The molecule has 2 aliphatic heterocycles. The van der Waals surface area contributed by atoms with Crippen LogP contribution in [0, 0.1) is 12.1 Å². The minimum absolute atomic E-state index is 0. The standard InChI is InChI=1S/C30H20BN3O2S.Pt/c1-33-27-14-17-37-18-15-29(27)36-31(33)21-7-6-8-22(19-21)35-23-12-13-25-24-9-2-3-10-26(24)34(28(25)20-23)30-11-4-5-16-32-30;/h2-18H,1H3;/q-2;+2. The minimum atomic E-state index is -0.274. The van der Waals surface area contributed by atoms with Gasteiger partial charge in [0, 0.05) is 23.2 Å². The second-order valence-corrected chi connectivity index (χ2v) is 9.59. The van der Waals surface area contributed by atoms with Crippen LogP contribution in [0.3, 0.4) is 0 Å². The van der Waals surface area contributed by atoms with E-state index >= 15 is 0 Å². The fourth-order valence-corrected chi connectivity index (χ4v) is 5.35. The molecule has 3 aromatic carbocycles. The van der Waals surface area contributed by atoms with Crippen LogP contribution < -0.4 is 10.2 Å². The number of thioether (sulfide) groups is 1. The van der Waals surface area contributed by atoms with Gasteiger partial charge in [0.05, 0.1) is 5.70 Å². The quantitative estimate of drug-likeness (QED) is 0.166. The molecule has 0 saturated heterocycles. The van der Waals surface area contributed by atoms with E-state index in [-0.39, 0.29) is 28.1 Å². The van der Waals surface area contributed by atoms with Gasteiger partial charge in [-0.3, -0.25) is 0 Å². The van der Waals surface area contributed by atoms with E-state index in [1.165, 1.54) is 0 Å². The molecule has 186 valence electrons. The van der Waals surface area contributed by atoms with Crippen molar-refractivity contribution in [2.45, 2.75) is 0 Å². The first-order chi connectivity index (χ1) is 18.3. The number of benzene rings is 3. The first-order valence-electron chi connectivity index (χ1n) is 12.0. The third kappa shape index (κ3) is 4.26. The predicted octanol–water partition coefficient (Wildman–Crippen LogP) is 6.21. The first kappa shape index (κ1) is 24.7. The van der Waals surface area contributed by atoms with Crippen LogP contribution in [0.5, 0.6) is 11.5 Å². The minimum Gasteiger partial charge on any atom is -0.537 e. The van der Waals surface area contributed by atoms with Crippen molar-refractivity contribution in [3.05, 3.63) is 126 Å². The maximum absolute atomic E-state index is 6.28. The van der Waals surface area contributed by atoms with Gasteiger partial charge < -0.3 is 18.8 Å². The van der Waals surface area contributed by atoms with Crippen LogP contribution in [0.15, 0.2) is 113 Å². The summed E-state index contributed by atoms with van der Waals surface area (Å²) in [5.41, 5.74) is 3.93. The van der Waals surface area contributed by atoms with Crippen LogP contribution in [0.2, 0.25) is 0 Å². The van der Waals surface area contributed by atoms with E-state index in [1.54, 1.807) is 18.0 Å². The summed E-state index contributed by atoms with van der Waals surface area (Å²) in [4.78, 5) is 6.71. The summed E-state index contributed by atoms with van der Waals surface area (Å²) in [6, 6.07) is 31.0. The number of aromatic nitrogens is 2. The molecule has 0 spiro atoms. The van der Waals surface area contributed by atoms with E-state index in [9.17, 15) is 0 Å². The van der Waals surface area contributed by atoms with Gasteiger partial charge >= 0.3 is 28.1 Å². The Bertz CT molecular complexity index is 1750. The summed E-state index contributed by atoms with van der Waals surface area (Å²) in [5, 5.41) is 6.32. The molecule has 8 heteroatoms. The van der Waals surface area contributed by atoms with Crippen LogP contribution in [0.1, 0.15) is 0 Å². The smallest absolute Gasteiger partial charge is 0.537 e. The van der Waals surface area contributed by atoms with E-state index in [0.29, 0.717) is 11.5 Å². The zero-order valence-electron chi connectivity index (χ0n) is 20.3. The summed E-state index contributed by atoms with van der Waals surface area (Å²) in [5.74, 6) is 2.91. The summed E-state index contributed by atoms with van der Waals surface area (Å²) >= 11 is 1.63. The van der Waals surface area contributed by atoms with Crippen LogP contribution in [-0.2, 0) is 25.7 Å². The third-order valence-corrected chi connectivity index (χ3v) is 7.12. The molecule has 5 nitrogen and oxygen atoms in total. The van der Waals surface area contributed by atoms with Gasteiger partial charge in [-0.25, -0.2) is 4.98 Å². The summed E-state index contributed by atoms with van der Waals surface area (Å²) < 4.78 is 14.7. The van der Waals surface area contributed by atoms with Gasteiger partial charge in [-0.05, 0) is 53.6 Å². The van der Waals surface area contributed by atoms with Gasteiger partial charge in [-0.2, -0.15) is 18.2 Å². The van der Waals surface area contributed by atoms with Crippen LogP contribution in [0.25, 0.3) is 27.6 Å². The molecule has 4 heterocycles. The number of allylic oxidation sites excluding steroid dienone is 2. The number of para-hydroxylation sites is 1. The Morgan fingerprint density at radius 1 is 0.868 bits per heavy atom. The molecule has 0 fully saturated rings. The second kappa shape index (κ2) is 10.2. The molecule has 7 rings (SSSR count). The number of rotatable bonds is 4. The van der Waals surface area contributed by atoms with Gasteiger partial charge in [0.15, 0.2) is 0 Å². The van der Waals surface area contributed by atoms with Crippen molar-refractivity contribution >= 4 is 46.1 Å². The van der Waals surface area contributed by atoms with Crippen molar-refractivity contribution in [3.8, 4) is 17.3 Å². The summed E-state index contributed by atoms with van der Waals surface area (Å²) in [6.45, 7) is 0. The zero-order valence-corrected chi connectivity index (χ0v) is 23.4. The monoisotopic (exact) mass is 692 g/mol. The van der Waals surface area contributed by atoms with Gasteiger partial charge in [-0.15, -0.1) is 46.9 Å². The van der Waals surface area contributed by atoms with E-state index in [4.69, 9.17) is 9.39 Å². The number of fused-ring (bicyclic) bond motifs is 3. The molecule has 0 aliphatic carbocycles. The van der Waals surface area contributed by atoms with Gasteiger partial charge in [0.1, 0.15) is 11.6 Å². The Balaban J connectivity index is 0.00000264. The van der Waals surface area contributed by atoms with Gasteiger partial charge in [0.2, 0.25) is 0 Å². The normalized spacial score (nSPS) is 14.4. The summed E-state index contributed by atoms with van der Waals surface area (Å²) in [6.07, 6.45) is 5.88. The van der Waals surface area contributed by atoms with E-state index < -0.39 is 0 Å². The van der Waals surface area contributed by atoms with E-state index in [2.05, 4.69) is 62.2 Å². The molecule has 0 amide bonds. The number of hydrogen-bond acceptors (Lipinski definition) is 5. The van der Waals surface area contributed by atoms with Gasteiger partial charge in [0.25, 0.3) is 0 Å². The van der Waals surface area contributed by atoms with Crippen molar-refractivity contribution in [2.24, 2.45) is 0 Å². The van der Waals surface area contributed by atoms with Crippen molar-refractivity contribution < 1.29 is 30.5 Å². The Morgan fingerprint density at radius 3 is 2.61 bits per heavy atom. The Hall–Kier alpha value is -3.67.